The molecule has 116 valence electrons. The number of carbonyl (C=O) groups is 1. The highest BCUT2D eigenvalue weighted by atomic mass is 32.2. The maximum atomic E-state index is 12.4. The van der Waals surface area contributed by atoms with Gasteiger partial charge in [0.1, 0.15) is 16.7 Å². The van der Waals surface area contributed by atoms with Crippen molar-refractivity contribution in [2.24, 2.45) is 0 Å². The number of ether oxygens (including phenoxy) is 1. The van der Waals surface area contributed by atoms with Crippen LogP contribution in [-0.4, -0.2) is 48.9 Å². The van der Waals surface area contributed by atoms with Crippen LogP contribution in [0.15, 0.2) is 23.1 Å². The normalized spacial score (nSPS) is 13.0. The number of rotatable bonds is 6. The van der Waals surface area contributed by atoms with Crippen LogP contribution >= 0.6 is 0 Å². The maximum absolute atomic E-state index is 12.4. The van der Waals surface area contributed by atoms with E-state index in [2.05, 4.69) is 0 Å². The minimum atomic E-state index is -4.16. The van der Waals surface area contributed by atoms with E-state index >= 15 is 0 Å². The van der Waals surface area contributed by atoms with Crippen LogP contribution < -0.4 is 4.74 Å². The Morgan fingerprint density at radius 2 is 2.05 bits per heavy atom. The van der Waals surface area contributed by atoms with Gasteiger partial charge >= 0.3 is 5.97 Å². The van der Waals surface area contributed by atoms with Gasteiger partial charge < -0.3 is 9.84 Å². The van der Waals surface area contributed by atoms with Crippen molar-refractivity contribution >= 4 is 21.7 Å². The molecule has 0 heterocycles. The number of methoxy groups -OCH3 is 1. The van der Waals surface area contributed by atoms with Gasteiger partial charge in [-0.15, -0.1) is 0 Å². The number of nitrogens with zero attached hydrogens (tertiary/aromatic N) is 2. The van der Waals surface area contributed by atoms with Gasteiger partial charge in [0.15, 0.2) is 0 Å². The van der Waals surface area contributed by atoms with Gasteiger partial charge in [-0.25, -0.2) is 8.42 Å². The van der Waals surface area contributed by atoms with Crippen molar-refractivity contribution < 1.29 is 28.0 Å². The predicted molar refractivity (Wildman–Crippen MR) is 71.7 cm³/mol. The molecule has 1 aromatic rings. The summed E-state index contributed by atoms with van der Waals surface area (Å²) in [7, 11) is -1.89. The summed E-state index contributed by atoms with van der Waals surface area (Å²) < 4.78 is 30.2. The lowest BCUT2D eigenvalue weighted by Gasteiger charge is -2.22. The number of carboxylic acid groups (broad SMARTS) is 1. The first-order chi connectivity index (χ1) is 9.62. The van der Waals surface area contributed by atoms with Crippen molar-refractivity contribution in [3.8, 4) is 5.75 Å². The molecule has 0 bridgehead atoms. The highest BCUT2D eigenvalue weighted by molar-refractivity contribution is 7.89. The minimum Gasteiger partial charge on any atom is -0.495 e. The standard InChI is InChI=1S/C11H14N2O7S/c1-7(11(14)15)12(2)21(18,19)10-5-4-8(13(16)17)6-9(10)20-3/h4-7H,1-3H3,(H,14,15). The lowest BCUT2D eigenvalue weighted by atomic mass is 10.3. The Bertz CT molecular complexity index is 671. The molecule has 1 N–H and O–H groups in total. The zero-order chi connectivity index (χ0) is 16.4. The highest BCUT2D eigenvalue weighted by Gasteiger charge is 2.32. The van der Waals surface area contributed by atoms with Gasteiger partial charge in [0.25, 0.3) is 5.69 Å². The number of carboxylic acids is 1. The quantitative estimate of drug-likeness (QED) is 0.604. The fraction of sp³-hybridized carbons (Fsp3) is 0.364. The molecule has 0 spiro atoms. The van der Waals surface area contributed by atoms with Gasteiger partial charge in [0, 0.05) is 13.1 Å². The molecule has 0 radical (unpaired) electrons. The third-order valence-electron chi connectivity index (χ3n) is 2.92. The van der Waals surface area contributed by atoms with Crippen molar-refractivity contribution in [2.45, 2.75) is 17.9 Å². The first kappa shape index (κ1) is 16.9. The summed E-state index contributed by atoms with van der Waals surface area (Å²) in [5.41, 5.74) is -0.334. The average Bonchev–Trinajstić information content (AvgIpc) is 2.44. The summed E-state index contributed by atoms with van der Waals surface area (Å²) in [6, 6.07) is 1.69. The summed E-state index contributed by atoms with van der Waals surface area (Å²) in [6.07, 6.45) is 0. The monoisotopic (exact) mass is 318 g/mol. The molecule has 0 amide bonds. The van der Waals surface area contributed by atoms with E-state index in [0.29, 0.717) is 4.31 Å². The molecular weight excluding hydrogens is 304 g/mol. The fourth-order valence-corrected chi connectivity index (χ4v) is 2.96. The molecule has 10 heteroatoms. The van der Waals surface area contributed by atoms with Crippen molar-refractivity contribution in [2.75, 3.05) is 14.2 Å². The van der Waals surface area contributed by atoms with Crippen LogP contribution in [0.5, 0.6) is 5.75 Å². The van der Waals surface area contributed by atoms with Gasteiger partial charge in [0.05, 0.1) is 18.1 Å². The van der Waals surface area contributed by atoms with E-state index in [1.54, 1.807) is 0 Å². The topological polar surface area (TPSA) is 127 Å². The summed E-state index contributed by atoms with van der Waals surface area (Å²) >= 11 is 0. The van der Waals surface area contributed by atoms with Gasteiger partial charge in [-0.3, -0.25) is 14.9 Å². The molecule has 0 fully saturated rings. The van der Waals surface area contributed by atoms with Crippen molar-refractivity contribution in [1.82, 2.24) is 4.31 Å². The Labute approximate surface area is 120 Å². The summed E-state index contributed by atoms with van der Waals surface area (Å²) in [4.78, 5) is 20.5. The molecule has 9 nitrogen and oxygen atoms in total. The minimum absolute atomic E-state index is 0.228. The Morgan fingerprint density at radius 3 is 2.48 bits per heavy atom. The van der Waals surface area contributed by atoms with Crippen molar-refractivity contribution in [3.63, 3.8) is 0 Å². The number of nitro benzene ring substituents is 1. The Kier molecular flexibility index (Phi) is 4.86. The molecule has 0 aliphatic carbocycles. The second-order valence-corrected chi connectivity index (χ2v) is 6.09. The predicted octanol–water partition coefficient (Wildman–Crippen LogP) is 0.697. The van der Waals surface area contributed by atoms with Crippen LogP contribution in [0, 0.1) is 10.1 Å². The first-order valence-electron chi connectivity index (χ1n) is 5.66. The number of aliphatic carboxylic acids is 1. The molecule has 1 unspecified atom stereocenters. The third-order valence-corrected chi connectivity index (χ3v) is 4.89. The Morgan fingerprint density at radius 1 is 1.48 bits per heavy atom. The molecule has 0 aliphatic rings. The van der Waals surface area contributed by atoms with E-state index in [1.165, 1.54) is 14.0 Å². The highest BCUT2D eigenvalue weighted by Crippen LogP contribution is 2.30. The van der Waals surface area contributed by atoms with Gasteiger partial charge in [0.2, 0.25) is 10.0 Å². The van der Waals surface area contributed by atoms with E-state index < -0.39 is 27.0 Å². The molecule has 0 saturated carbocycles. The number of hydrogen-bond donors (Lipinski definition) is 1. The number of non-ortho nitro benzene ring substituents is 1. The smallest absolute Gasteiger partial charge is 0.321 e. The summed E-state index contributed by atoms with van der Waals surface area (Å²) in [5.74, 6) is -1.55. The molecule has 1 aromatic carbocycles. The number of hydrogen-bond acceptors (Lipinski definition) is 6. The van der Waals surface area contributed by atoms with Crippen molar-refractivity contribution in [1.29, 1.82) is 0 Å². The second kappa shape index (κ2) is 6.06. The lowest BCUT2D eigenvalue weighted by Crippen LogP contribution is -2.40. The zero-order valence-corrected chi connectivity index (χ0v) is 12.3. The van der Waals surface area contributed by atoms with Crippen molar-refractivity contribution in [3.05, 3.63) is 28.3 Å². The number of benzene rings is 1. The van der Waals surface area contributed by atoms with E-state index in [1.807, 2.05) is 0 Å². The molecule has 21 heavy (non-hydrogen) atoms. The average molecular weight is 318 g/mol. The fourth-order valence-electron chi connectivity index (χ4n) is 1.50. The second-order valence-electron chi connectivity index (χ2n) is 4.13. The SMILES string of the molecule is COc1cc([N+](=O)[O-])ccc1S(=O)(=O)N(C)C(C)C(=O)O. The molecule has 1 atom stereocenters. The number of likely N-dealkylation sites (N-methyl/N-ethyl adjacent to an activating group) is 1. The molecular formula is C11H14N2O7S. The van der Waals surface area contributed by atoms with Crippen LogP contribution in [0.1, 0.15) is 6.92 Å². The van der Waals surface area contributed by atoms with E-state index in [9.17, 15) is 23.3 Å². The lowest BCUT2D eigenvalue weighted by molar-refractivity contribution is -0.385. The summed E-state index contributed by atoms with van der Waals surface area (Å²) in [5, 5.41) is 19.6. The number of sulfonamides is 1. The molecule has 0 saturated heterocycles. The largest absolute Gasteiger partial charge is 0.495 e. The molecule has 0 aromatic heterocycles. The maximum Gasteiger partial charge on any atom is 0.321 e. The van der Waals surface area contributed by atoms with Crippen LogP contribution in [-0.2, 0) is 14.8 Å². The molecule has 1 rings (SSSR count). The van der Waals surface area contributed by atoms with E-state index in [-0.39, 0.29) is 16.3 Å². The van der Waals surface area contributed by atoms with Gasteiger partial charge in [-0.2, -0.15) is 4.31 Å². The zero-order valence-electron chi connectivity index (χ0n) is 11.5. The van der Waals surface area contributed by atoms with Crippen LogP contribution in [0.3, 0.4) is 0 Å². The van der Waals surface area contributed by atoms with Crippen LogP contribution in [0.2, 0.25) is 0 Å². The van der Waals surface area contributed by atoms with Crippen LogP contribution in [0.4, 0.5) is 5.69 Å². The number of nitro groups is 1. The van der Waals surface area contributed by atoms with Gasteiger partial charge in [-0.1, -0.05) is 0 Å². The van der Waals surface area contributed by atoms with E-state index in [4.69, 9.17) is 9.84 Å². The summed E-state index contributed by atoms with van der Waals surface area (Å²) in [6.45, 7) is 1.21. The third kappa shape index (κ3) is 3.28. The Hall–Kier alpha value is -2.20. The van der Waals surface area contributed by atoms with Crippen LogP contribution in [0.25, 0.3) is 0 Å². The van der Waals surface area contributed by atoms with Gasteiger partial charge in [-0.05, 0) is 13.0 Å². The Balaban J connectivity index is 3.38. The molecule has 0 aliphatic heterocycles. The van der Waals surface area contributed by atoms with E-state index in [0.717, 1.165) is 25.2 Å². The first-order valence-corrected chi connectivity index (χ1v) is 7.10.